The molecule has 2 N–H and O–H groups in total. The fourth-order valence-corrected chi connectivity index (χ4v) is 1.86. The molecule has 5 nitrogen and oxygen atoms in total. The normalized spacial score (nSPS) is 12.3. The molecule has 0 saturated heterocycles. The lowest BCUT2D eigenvalue weighted by molar-refractivity contribution is -0.120. The third-order valence-electron chi connectivity index (χ3n) is 2.95. The number of nitrogens with one attached hydrogen (secondary N) is 2. The molecule has 0 fully saturated rings. The second-order valence-electron chi connectivity index (χ2n) is 4.59. The van der Waals surface area contributed by atoms with Gasteiger partial charge in [0.25, 0.3) is 0 Å². The minimum absolute atomic E-state index is 0.00265. The van der Waals surface area contributed by atoms with Crippen molar-refractivity contribution in [2.24, 2.45) is 0 Å². The first-order valence-electron chi connectivity index (χ1n) is 6.30. The van der Waals surface area contributed by atoms with Gasteiger partial charge in [0, 0.05) is 6.54 Å². The fraction of sp³-hybridized carbons (Fsp3) is 0.500. The van der Waals surface area contributed by atoms with Crippen molar-refractivity contribution in [2.45, 2.75) is 6.04 Å². The van der Waals surface area contributed by atoms with Crippen LogP contribution in [0.4, 0.5) is 0 Å². The Morgan fingerprint density at radius 3 is 2.42 bits per heavy atom. The Hall–Kier alpha value is -1.59. The summed E-state index contributed by atoms with van der Waals surface area (Å²) in [5.41, 5.74) is 1.15. The Morgan fingerprint density at radius 1 is 1.32 bits per heavy atom. The van der Waals surface area contributed by atoms with E-state index in [0.29, 0.717) is 13.1 Å². The van der Waals surface area contributed by atoms with Crippen LogP contribution in [0.3, 0.4) is 0 Å². The second kappa shape index (κ2) is 7.76. The van der Waals surface area contributed by atoms with Crippen LogP contribution >= 0.6 is 0 Å². The summed E-state index contributed by atoms with van der Waals surface area (Å²) in [6.07, 6.45) is 0. The van der Waals surface area contributed by atoms with Gasteiger partial charge in [-0.05, 0) is 38.8 Å². The molecule has 5 heteroatoms. The van der Waals surface area contributed by atoms with Gasteiger partial charge in [0.05, 0.1) is 19.7 Å². The minimum Gasteiger partial charge on any atom is -0.497 e. The molecule has 1 aromatic rings. The Morgan fingerprint density at radius 2 is 1.95 bits per heavy atom. The van der Waals surface area contributed by atoms with Crippen LogP contribution in [0.15, 0.2) is 24.3 Å². The van der Waals surface area contributed by atoms with Crippen LogP contribution in [0, 0.1) is 0 Å². The number of carbonyl (C=O) groups excluding carboxylic acids is 1. The van der Waals surface area contributed by atoms with Gasteiger partial charge < -0.3 is 20.3 Å². The maximum absolute atomic E-state index is 11.5. The molecule has 0 heterocycles. The van der Waals surface area contributed by atoms with Gasteiger partial charge in [-0.1, -0.05) is 12.1 Å². The number of benzene rings is 1. The van der Waals surface area contributed by atoms with E-state index in [9.17, 15) is 4.79 Å². The van der Waals surface area contributed by atoms with Gasteiger partial charge >= 0.3 is 0 Å². The molecule has 0 aliphatic heterocycles. The van der Waals surface area contributed by atoms with Gasteiger partial charge in [-0.15, -0.1) is 0 Å². The molecule has 1 unspecified atom stereocenters. The highest BCUT2D eigenvalue weighted by Crippen LogP contribution is 2.20. The van der Waals surface area contributed by atoms with Crippen molar-refractivity contribution in [1.29, 1.82) is 0 Å². The van der Waals surface area contributed by atoms with Crippen LogP contribution in [0.5, 0.6) is 5.75 Å². The first kappa shape index (κ1) is 15.5. The van der Waals surface area contributed by atoms with Gasteiger partial charge in [-0.3, -0.25) is 4.79 Å². The number of amides is 1. The lowest BCUT2D eigenvalue weighted by atomic mass is 10.1. The van der Waals surface area contributed by atoms with Crippen molar-refractivity contribution in [3.05, 3.63) is 29.8 Å². The largest absolute Gasteiger partial charge is 0.497 e. The summed E-state index contributed by atoms with van der Waals surface area (Å²) >= 11 is 0. The van der Waals surface area contributed by atoms with Crippen molar-refractivity contribution in [1.82, 2.24) is 15.5 Å². The summed E-state index contributed by atoms with van der Waals surface area (Å²) in [5, 5.41) is 5.75. The first-order valence-corrected chi connectivity index (χ1v) is 6.30. The van der Waals surface area contributed by atoms with Gasteiger partial charge in [0.15, 0.2) is 0 Å². The zero-order valence-electron chi connectivity index (χ0n) is 12.1. The van der Waals surface area contributed by atoms with Crippen LogP contribution in [0.2, 0.25) is 0 Å². The summed E-state index contributed by atoms with van der Waals surface area (Å²) in [4.78, 5) is 13.6. The number of likely N-dealkylation sites (N-methyl/N-ethyl adjacent to an activating group) is 2. The predicted octanol–water partition coefficient (Wildman–Crippen LogP) is 0.634. The second-order valence-corrected chi connectivity index (χ2v) is 4.59. The van der Waals surface area contributed by atoms with Crippen molar-refractivity contribution in [3.8, 4) is 5.75 Å². The summed E-state index contributed by atoms with van der Waals surface area (Å²) in [5.74, 6) is 0.836. The van der Waals surface area contributed by atoms with E-state index in [2.05, 4.69) is 15.5 Å². The molecule has 0 aliphatic rings. The fourth-order valence-electron chi connectivity index (χ4n) is 1.86. The first-order chi connectivity index (χ1) is 9.08. The molecule has 0 spiro atoms. The van der Waals surface area contributed by atoms with Gasteiger partial charge in [0.1, 0.15) is 5.75 Å². The summed E-state index contributed by atoms with van der Waals surface area (Å²) in [6, 6.07) is 8.05. The van der Waals surface area contributed by atoms with Crippen LogP contribution in [-0.2, 0) is 4.79 Å². The SMILES string of the molecule is CNCC(=O)NCC(c1ccc(OC)cc1)N(C)C. The summed E-state index contributed by atoms with van der Waals surface area (Å²) in [7, 11) is 7.40. The molecule has 0 bridgehead atoms. The average Bonchev–Trinajstić information content (AvgIpc) is 2.39. The predicted molar refractivity (Wildman–Crippen MR) is 76.4 cm³/mol. The standard InChI is InChI=1S/C14H23N3O2/c1-15-10-14(18)16-9-13(17(2)3)11-5-7-12(19-4)8-6-11/h5-8,13,15H,9-10H2,1-4H3,(H,16,18). The van der Waals surface area contributed by atoms with E-state index in [-0.39, 0.29) is 11.9 Å². The van der Waals surface area contributed by atoms with E-state index in [4.69, 9.17) is 4.74 Å². The van der Waals surface area contributed by atoms with Gasteiger partial charge in [-0.2, -0.15) is 0 Å². The lowest BCUT2D eigenvalue weighted by Gasteiger charge is -2.25. The molecule has 19 heavy (non-hydrogen) atoms. The molecular weight excluding hydrogens is 242 g/mol. The summed E-state index contributed by atoms with van der Waals surface area (Å²) in [6.45, 7) is 0.919. The van der Waals surface area contributed by atoms with Crippen LogP contribution < -0.4 is 15.4 Å². The number of carbonyl (C=O) groups is 1. The zero-order chi connectivity index (χ0) is 14.3. The molecule has 1 amide bonds. The molecule has 0 radical (unpaired) electrons. The monoisotopic (exact) mass is 265 g/mol. The molecule has 1 rings (SSSR count). The van der Waals surface area contributed by atoms with E-state index in [1.807, 2.05) is 38.4 Å². The number of hydrogen-bond acceptors (Lipinski definition) is 4. The van der Waals surface area contributed by atoms with E-state index >= 15 is 0 Å². The van der Waals surface area contributed by atoms with Crippen molar-refractivity contribution in [3.63, 3.8) is 0 Å². The highest BCUT2D eigenvalue weighted by molar-refractivity contribution is 5.77. The van der Waals surface area contributed by atoms with Crippen LogP contribution in [0.1, 0.15) is 11.6 Å². The Kier molecular flexibility index (Phi) is 6.32. The number of nitrogens with zero attached hydrogens (tertiary/aromatic N) is 1. The zero-order valence-corrected chi connectivity index (χ0v) is 12.1. The third-order valence-corrected chi connectivity index (χ3v) is 2.95. The van der Waals surface area contributed by atoms with E-state index in [1.165, 1.54) is 0 Å². The molecular formula is C14H23N3O2. The minimum atomic E-state index is 0.00265. The van der Waals surface area contributed by atoms with Crippen molar-refractivity contribution in [2.75, 3.05) is 41.3 Å². The van der Waals surface area contributed by atoms with E-state index in [0.717, 1.165) is 11.3 Å². The third kappa shape index (κ3) is 4.89. The van der Waals surface area contributed by atoms with Gasteiger partial charge in [-0.25, -0.2) is 0 Å². The Bertz CT molecular complexity index is 390. The van der Waals surface area contributed by atoms with Crippen molar-refractivity contribution < 1.29 is 9.53 Å². The van der Waals surface area contributed by atoms with E-state index < -0.39 is 0 Å². The molecule has 1 aromatic carbocycles. The molecule has 106 valence electrons. The maximum atomic E-state index is 11.5. The van der Waals surface area contributed by atoms with Crippen molar-refractivity contribution >= 4 is 5.91 Å². The van der Waals surface area contributed by atoms with Crippen LogP contribution in [0.25, 0.3) is 0 Å². The highest BCUT2D eigenvalue weighted by Gasteiger charge is 2.15. The number of methoxy groups -OCH3 is 1. The highest BCUT2D eigenvalue weighted by atomic mass is 16.5. The maximum Gasteiger partial charge on any atom is 0.234 e. The smallest absolute Gasteiger partial charge is 0.234 e. The Balaban J connectivity index is 2.68. The average molecular weight is 265 g/mol. The number of rotatable bonds is 7. The van der Waals surface area contributed by atoms with E-state index in [1.54, 1.807) is 14.2 Å². The number of hydrogen-bond donors (Lipinski definition) is 2. The molecule has 0 aliphatic carbocycles. The molecule has 1 atom stereocenters. The molecule has 0 saturated carbocycles. The lowest BCUT2D eigenvalue weighted by Crippen LogP contribution is -2.38. The Labute approximate surface area is 114 Å². The summed E-state index contributed by atoms with van der Waals surface area (Å²) < 4.78 is 5.15. The van der Waals surface area contributed by atoms with Crippen LogP contribution in [-0.4, -0.2) is 52.1 Å². The topological polar surface area (TPSA) is 53.6 Å². The number of ether oxygens (including phenoxy) is 1. The quantitative estimate of drug-likeness (QED) is 0.759. The van der Waals surface area contributed by atoms with Gasteiger partial charge in [0.2, 0.25) is 5.91 Å². The molecule has 0 aromatic heterocycles.